The molecule has 2 aliphatic heterocycles. The molecule has 2 heterocycles. The Bertz CT molecular complexity index is 1190. The van der Waals surface area contributed by atoms with Gasteiger partial charge in [0, 0.05) is 43.0 Å². The van der Waals surface area contributed by atoms with E-state index in [2.05, 4.69) is 65.2 Å². The quantitative estimate of drug-likeness (QED) is 0.351. The Morgan fingerprint density at radius 2 is 1.84 bits per heavy atom. The zero-order valence-corrected chi connectivity index (χ0v) is 22.6. The molecule has 2 aromatic carbocycles. The van der Waals surface area contributed by atoms with Crippen molar-refractivity contribution in [3.8, 4) is 0 Å². The molecule has 7 heteroatoms. The molecule has 0 unspecified atom stereocenters. The van der Waals surface area contributed by atoms with Crippen molar-refractivity contribution in [2.45, 2.75) is 32.2 Å². The second-order valence-electron chi connectivity index (χ2n) is 9.36. The van der Waals surface area contributed by atoms with Crippen molar-refractivity contribution in [3.63, 3.8) is 0 Å². The summed E-state index contributed by atoms with van der Waals surface area (Å²) in [7, 11) is 1.97. The maximum atomic E-state index is 6.06. The number of hydrogen-bond acceptors (Lipinski definition) is 6. The molecule has 6 nitrogen and oxygen atoms in total. The van der Waals surface area contributed by atoms with Gasteiger partial charge in [-0.05, 0) is 55.6 Å². The van der Waals surface area contributed by atoms with Gasteiger partial charge in [0.15, 0.2) is 0 Å². The summed E-state index contributed by atoms with van der Waals surface area (Å²) < 4.78 is 0. The molecule has 2 aliphatic rings. The minimum Gasteiger partial charge on any atom is -0.370 e. The van der Waals surface area contributed by atoms with E-state index >= 15 is 0 Å². The topological polar surface area (TPSA) is 54.9 Å². The summed E-state index contributed by atoms with van der Waals surface area (Å²) in [6, 6.07) is 16.7. The van der Waals surface area contributed by atoms with Gasteiger partial charge in [0.1, 0.15) is 11.6 Å². The Morgan fingerprint density at radius 1 is 1.11 bits per heavy atom. The predicted octanol–water partition coefficient (Wildman–Crippen LogP) is 6.19. The monoisotopic (exact) mass is 516 g/mol. The average Bonchev–Trinajstić information content (AvgIpc) is 2.90. The number of allylic oxidation sites excluding steroid dienone is 3. The van der Waals surface area contributed by atoms with E-state index in [4.69, 9.17) is 16.6 Å². The van der Waals surface area contributed by atoms with Gasteiger partial charge in [-0.15, -0.1) is 0 Å². The Morgan fingerprint density at radius 3 is 2.51 bits per heavy atom. The number of aliphatic imine (C=N–C) groups is 1. The van der Waals surface area contributed by atoms with E-state index in [1.165, 1.54) is 12.1 Å². The maximum absolute atomic E-state index is 6.06. The molecule has 0 aromatic heterocycles. The molecule has 0 amide bonds. The summed E-state index contributed by atoms with van der Waals surface area (Å²) in [4.78, 5) is 9.14. The van der Waals surface area contributed by atoms with Gasteiger partial charge in [-0.3, -0.25) is 0 Å². The zero-order chi connectivity index (χ0) is 26.2. The van der Waals surface area contributed by atoms with Crippen LogP contribution in [-0.4, -0.2) is 43.8 Å². The van der Waals surface area contributed by atoms with Crippen LogP contribution in [0.2, 0.25) is 5.02 Å². The summed E-state index contributed by atoms with van der Waals surface area (Å²) in [6.07, 6.45) is 9.10. The van der Waals surface area contributed by atoms with Crippen LogP contribution in [0.5, 0.6) is 0 Å². The molecule has 0 aliphatic carbocycles. The highest BCUT2D eigenvalue weighted by molar-refractivity contribution is 6.30. The summed E-state index contributed by atoms with van der Waals surface area (Å²) in [5, 5.41) is 11.2. The summed E-state index contributed by atoms with van der Waals surface area (Å²) >= 11 is 6.06. The first-order chi connectivity index (χ1) is 18.0. The first kappa shape index (κ1) is 26.6. The molecule has 3 N–H and O–H groups in total. The molecule has 0 spiro atoms. The molecule has 0 atom stereocenters. The molecule has 2 aromatic rings. The molecular weight excluding hydrogens is 480 g/mol. The second-order valence-corrected chi connectivity index (χ2v) is 9.80. The van der Waals surface area contributed by atoms with Crippen molar-refractivity contribution in [1.82, 2.24) is 15.5 Å². The fourth-order valence-electron chi connectivity index (χ4n) is 4.71. The fourth-order valence-corrected chi connectivity index (χ4v) is 4.84. The van der Waals surface area contributed by atoms with Gasteiger partial charge in [-0.2, -0.15) is 0 Å². The van der Waals surface area contributed by atoms with E-state index in [-0.39, 0.29) is 0 Å². The third-order valence-corrected chi connectivity index (χ3v) is 6.85. The van der Waals surface area contributed by atoms with Gasteiger partial charge in [0.25, 0.3) is 0 Å². The van der Waals surface area contributed by atoms with Crippen LogP contribution in [0.1, 0.15) is 31.7 Å². The van der Waals surface area contributed by atoms with E-state index in [0.29, 0.717) is 16.9 Å². The van der Waals surface area contributed by atoms with Crippen molar-refractivity contribution in [1.29, 1.82) is 0 Å². The molecule has 1 fully saturated rings. The van der Waals surface area contributed by atoms with Gasteiger partial charge < -0.3 is 25.8 Å². The van der Waals surface area contributed by atoms with E-state index in [1.54, 1.807) is 0 Å². The van der Waals surface area contributed by atoms with Gasteiger partial charge in [0.05, 0.1) is 23.3 Å². The predicted molar refractivity (Wildman–Crippen MR) is 159 cm³/mol. The number of para-hydroxylation sites is 2. The van der Waals surface area contributed by atoms with Crippen molar-refractivity contribution in [2.75, 3.05) is 36.9 Å². The molecule has 0 bridgehead atoms. The number of rotatable bonds is 10. The minimum atomic E-state index is 0.614. The van der Waals surface area contributed by atoms with Crippen LogP contribution < -0.4 is 20.9 Å². The summed E-state index contributed by atoms with van der Waals surface area (Å²) in [5.41, 5.74) is 5.02. The third kappa shape index (κ3) is 6.85. The second kappa shape index (κ2) is 12.7. The van der Waals surface area contributed by atoms with Crippen molar-refractivity contribution >= 4 is 34.8 Å². The lowest BCUT2D eigenvalue weighted by atomic mass is 10.0. The average molecular weight is 517 g/mol. The van der Waals surface area contributed by atoms with Crippen LogP contribution in [0.4, 0.5) is 11.4 Å². The van der Waals surface area contributed by atoms with Crippen molar-refractivity contribution in [3.05, 3.63) is 102 Å². The fraction of sp³-hybridized carbons (Fsp3) is 0.300. The number of halogens is 1. The highest BCUT2D eigenvalue weighted by atomic mass is 35.5. The Balaban J connectivity index is 1.40. The highest BCUT2D eigenvalue weighted by Crippen LogP contribution is 2.30. The van der Waals surface area contributed by atoms with Crippen LogP contribution in [0.25, 0.3) is 5.57 Å². The molecule has 37 heavy (non-hydrogen) atoms. The first-order valence-electron chi connectivity index (χ1n) is 12.9. The SMILES string of the molecule is C=C/C(=C1/N=CC(NC(=C)Nc2ccccc2N2CCC(NCCC)CC2)=CN1C)c1ccc(Cl)cc1. The number of nitrogens with one attached hydrogen (secondary N) is 3. The Kier molecular flexibility index (Phi) is 9.09. The first-order valence-corrected chi connectivity index (χ1v) is 13.3. The molecule has 4 rings (SSSR count). The summed E-state index contributed by atoms with van der Waals surface area (Å²) in [5.74, 6) is 1.50. The van der Waals surface area contributed by atoms with Crippen molar-refractivity contribution < 1.29 is 0 Å². The maximum Gasteiger partial charge on any atom is 0.140 e. The van der Waals surface area contributed by atoms with E-state index in [9.17, 15) is 0 Å². The van der Waals surface area contributed by atoms with Gasteiger partial charge >= 0.3 is 0 Å². The lowest BCUT2D eigenvalue weighted by Gasteiger charge is -2.35. The lowest BCUT2D eigenvalue weighted by molar-refractivity contribution is 0.416. The Labute approximate surface area is 226 Å². The van der Waals surface area contributed by atoms with Crippen LogP contribution in [-0.2, 0) is 0 Å². The number of nitrogens with zero attached hydrogens (tertiary/aromatic N) is 3. The van der Waals surface area contributed by atoms with Crippen LogP contribution >= 0.6 is 11.6 Å². The lowest BCUT2D eigenvalue weighted by Crippen LogP contribution is -2.43. The largest absolute Gasteiger partial charge is 0.370 e. The number of anilines is 2. The molecule has 0 saturated carbocycles. The zero-order valence-electron chi connectivity index (χ0n) is 21.8. The van der Waals surface area contributed by atoms with Crippen LogP contribution in [0.15, 0.2) is 96.3 Å². The van der Waals surface area contributed by atoms with Gasteiger partial charge in [0.2, 0.25) is 0 Å². The highest BCUT2D eigenvalue weighted by Gasteiger charge is 2.21. The number of benzene rings is 2. The molecule has 1 saturated heterocycles. The normalized spacial score (nSPS) is 17.3. The number of piperidine rings is 1. The molecule has 194 valence electrons. The van der Waals surface area contributed by atoms with E-state index in [1.807, 2.05) is 54.7 Å². The third-order valence-electron chi connectivity index (χ3n) is 6.60. The van der Waals surface area contributed by atoms with E-state index in [0.717, 1.165) is 60.8 Å². The number of hydrogen-bond donors (Lipinski definition) is 3. The standard InChI is InChI=1S/C30H37ClN6/c1-5-17-32-25-15-18-37(19-16-25)29-10-8-7-9-28(29)35-22(3)34-26-20-33-30(36(4)21-26)27(6-2)23-11-13-24(31)14-12-23/h6-14,20-21,25,32,34-35H,2-3,5,15-19H2,1,4H3/b30-27+. The Hall–Kier alpha value is -3.48. The van der Waals surface area contributed by atoms with Crippen molar-refractivity contribution in [2.24, 2.45) is 4.99 Å². The van der Waals surface area contributed by atoms with Gasteiger partial charge in [-0.25, -0.2) is 4.99 Å². The van der Waals surface area contributed by atoms with E-state index < -0.39 is 0 Å². The summed E-state index contributed by atoms with van der Waals surface area (Å²) in [6.45, 7) is 13.6. The van der Waals surface area contributed by atoms with Gasteiger partial charge in [-0.1, -0.05) is 62.0 Å². The molecule has 0 radical (unpaired) electrons. The van der Waals surface area contributed by atoms with Crippen LogP contribution in [0, 0.1) is 0 Å². The smallest absolute Gasteiger partial charge is 0.140 e. The minimum absolute atomic E-state index is 0.614. The molecular formula is C30H37ClN6. The van der Waals surface area contributed by atoms with Crippen LogP contribution in [0.3, 0.4) is 0 Å².